The predicted molar refractivity (Wildman–Crippen MR) is 85.3 cm³/mol. The largest absolute Gasteiger partial charge is 0.486 e. The molecule has 1 heterocycles. The van der Waals surface area contributed by atoms with E-state index in [9.17, 15) is 0 Å². The van der Waals surface area contributed by atoms with Gasteiger partial charge in [-0.05, 0) is 38.8 Å². The van der Waals surface area contributed by atoms with Crippen molar-refractivity contribution in [3.8, 4) is 5.75 Å². The van der Waals surface area contributed by atoms with Crippen LogP contribution in [0.15, 0.2) is 36.7 Å². The minimum absolute atomic E-state index is 0.107. The van der Waals surface area contributed by atoms with Crippen molar-refractivity contribution in [2.45, 2.75) is 52.9 Å². The third kappa shape index (κ3) is 4.90. The number of nitrogens with zero attached hydrogens (tertiary/aromatic N) is 2. The molecule has 0 unspecified atom stereocenters. The monoisotopic (exact) mass is 287 g/mol. The number of hydrogen-bond acceptors (Lipinski definition) is 3. The van der Waals surface area contributed by atoms with Crippen molar-refractivity contribution in [1.29, 1.82) is 0 Å². The number of ether oxygens (including phenoxy) is 1. The quantitative estimate of drug-likeness (QED) is 0.885. The van der Waals surface area contributed by atoms with E-state index < -0.39 is 0 Å². The van der Waals surface area contributed by atoms with Crippen LogP contribution in [-0.4, -0.2) is 15.3 Å². The van der Waals surface area contributed by atoms with Gasteiger partial charge in [0.25, 0.3) is 0 Å². The molecular weight excluding hydrogens is 262 g/mol. The Morgan fingerprint density at radius 3 is 2.52 bits per heavy atom. The first kappa shape index (κ1) is 15.6. The Hall–Kier alpha value is -1.81. The van der Waals surface area contributed by atoms with Gasteiger partial charge < -0.3 is 10.1 Å². The molecule has 0 spiro atoms. The number of benzene rings is 1. The molecule has 0 radical (unpaired) electrons. The number of aromatic nitrogens is 2. The fraction of sp³-hybridized carbons (Fsp3) is 0.471. The summed E-state index contributed by atoms with van der Waals surface area (Å²) in [5.74, 6) is 0.815. The summed E-state index contributed by atoms with van der Waals surface area (Å²) in [6.45, 7) is 10.8. The summed E-state index contributed by atoms with van der Waals surface area (Å²) >= 11 is 0. The Morgan fingerprint density at radius 2 is 1.90 bits per heavy atom. The molecule has 2 aromatic rings. The third-order valence-corrected chi connectivity index (χ3v) is 3.26. The molecule has 0 aliphatic heterocycles. The van der Waals surface area contributed by atoms with Crippen LogP contribution in [0, 0.1) is 0 Å². The van der Waals surface area contributed by atoms with Crippen molar-refractivity contribution in [2.75, 3.05) is 0 Å². The molecule has 1 aromatic heterocycles. The third-order valence-electron chi connectivity index (χ3n) is 3.26. The second-order valence-corrected chi connectivity index (χ2v) is 6.19. The molecule has 4 nitrogen and oxygen atoms in total. The van der Waals surface area contributed by atoms with Crippen LogP contribution < -0.4 is 10.1 Å². The zero-order valence-corrected chi connectivity index (χ0v) is 13.4. The van der Waals surface area contributed by atoms with E-state index in [0.29, 0.717) is 6.61 Å². The van der Waals surface area contributed by atoms with E-state index in [1.54, 1.807) is 6.20 Å². The van der Waals surface area contributed by atoms with Crippen molar-refractivity contribution >= 4 is 0 Å². The SMILES string of the molecule is CCn1cc(OCc2ccccc2CNC(C)(C)C)cn1. The highest BCUT2D eigenvalue weighted by Gasteiger charge is 2.10. The standard InChI is InChI=1S/C17H25N3O/c1-5-20-12-16(11-19-20)21-13-15-9-7-6-8-14(15)10-18-17(2,3)4/h6-9,11-12,18H,5,10,13H2,1-4H3. The van der Waals surface area contributed by atoms with Crippen LogP contribution in [0.3, 0.4) is 0 Å². The van der Waals surface area contributed by atoms with Crippen molar-refractivity contribution in [3.63, 3.8) is 0 Å². The predicted octanol–water partition coefficient (Wildman–Crippen LogP) is 3.37. The molecule has 0 saturated carbocycles. The van der Waals surface area contributed by atoms with Gasteiger partial charge in [0.15, 0.2) is 5.75 Å². The molecule has 0 aliphatic carbocycles. The zero-order chi connectivity index (χ0) is 15.3. The highest BCUT2D eigenvalue weighted by molar-refractivity contribution is 5.27. The Balaban J connectivity index is 1.99. The summed E-state index contributed by atoms with van der Waals surface area (Å²) < 4.78 is 7.70. The van der Waals surface area contributed by atoms with E-state index in [-0.39, 0.29) is 5.54 Å². The molecule has 1 N–H and O–H groups in total. The molecule has 4 heteroatoms. The first-order valence-corrected chi connectivity index (χ1v) is 7.45. The molecule has 0 aliphatic rings. The Morgan fingerprint density at radius 1 is 1.19 bits per heavy atom. The Labute approximate surface area is 127 Å². The van der Waals surface area contributed by atoms with Crippen LogP contribution in [-0.2, 0) is 19.7 Å². The minimum atomic E-state index is 0.107. The number of hydrogen-bond donors (Lipinski definition) is 1. The van der Waals surface area contributed by atoms with Gasteiger partial charge >= 0.3 is 0 Å². The highest BCUT2D eigenvalue weighted by Crippen LogP contribution is 2.15. The van der Waals surface area contributed by atoms with Crippen molar-refractivity contribution in [3.05, 3.63) is 47.8 Å². The van der Waals surface area contributed by atoms with Crippen LogP contribution in [0.1, 0.15) is 38.8 Å². The van der Waals surface area contributed by atoms with E-state index >= 15 is 0 Å². The molecule has 21 heavy (non-hydrogen) atoms. The van der Waals surface area contributed by atoms with Crippen molar-refractivity contribution in [1.82, 2.24) is 15.1 Å². The van der Waals surface area contributed by atoms with Gasteiger partial charge in [0.05, 0.1) is 12.4 Å². The van der Waals surface area contributed by atoms with Crippen molar-refractivity contribution in [2.24, 2.45) is 0 Å². The molecule has 0 saturated heterocycles. The smallest absolute Gasteiger partial charge is 0.157 e. The summed E-state index contributed by atoms with van der Waals surface area (Å²) in [6, 6.07) is 8.38. The second kappa shape index (κ2) is 6.76. The molecule has 2 rings (SSSR count). The van der Waals surface area contributed by atoms with Gasteiger partial charge in [-0.15, -0.1) is 0 Å². The average molecular weight is 287 g/mol. The Bertz CT molecular complexity index is 569. The lowest BCUT2D eigenvalue weighted by molar-refractivity contribution is 0.303. The van der Waals surface area contributed by atoms with E-state index in [1.165, 1.54) is 11.1 Å². The fourth-order valence-corrected chi connectivity index (χ4v) is 1.98. The molecule has 0 atom stereocenters. The molecule has 0 fully saturated rings. The molecule has 0 bridgehead atoms. The summed E-state index contributed by atoms with van der Waals surface area (Å²) in [5, 5.41) is 7.74. The maximum absolute atomic E-state index is 5.84. The maximum atomic E-state index is 5.84. The van der Waals surface area contributed by atoms with E-state index in [1.807, 2.05) is 10.9 Å². The lowest BCUT2D eigenvalue weighted by Gasteiger charge is -2.21. The molecule has 1 aromatic carbocycles. The van der Waals surface area contributed by atoms with Crippen LogP contribution in [0.2, 0.25) is 0 Å². The van der Waals surface area contributed by atoms with Gasteiger partial charge in [0.2, 0.25) is 0 Å². The molecular formula is C17H25N3O. The summed E-state index contributed by atoms with van der Waals surface area (Å²) in [7, 11) is 0. The maximum Gasteiger partial charge on any atom is 0.157 e. The summed E-state index contributed by atoms with van der Waals surface area (Å²) in [6.07, 6.45) is 3.69. The van der Waals surface area contributed by atoms with Crippen LogP contribution in [0.25, 0.3) is 0 Å². The van der Waals surface area contributed by atoms with Gasteiger partial charge in [0.1, 0.15) is 6.61 Å². The normalized spacial score (nSPS) is 11.6. The number of aryl methyl sites for hydroxylation is 1. The van der Waals surface area contributed by atoms with E-state index in [0.717, 1.165) is 18.8 Å². The van der Waals surface area contributed by atoms with Crippen LogP contribution >= 0.6 is 0 Å². The first-order chi connectivity index (χ1) is 9.98. The Kier molecular flexibility index (Phi) is 5.02. The van der Waals surface area contributed by atoms with Gasteiger partial charge in [-0.1, -0.05) is 24.3 Å². The first-order valence-electron chi connectivity index (χ1n) is 7.45. The fourth-order valence-electron chi connectivity index (χ4n) is 1.98. The summed E-state index contributed by atoms with van der Waals surface area (Å²) in [5.41, 5.74) is 2.59. The van der Waals surface area contributed by atoms with Crippen LogP contribution in [0.5, 0.6) is 5.75 Å². The van der Waals surface area contributed by atoms with Crippen molar-refractivity contribution < 1.29 is 4.74 Å². The van der Waals surface area contributed by atoms with Gasteiger partial charge in [-0.25, -0.2) is 0 Å². The number of nitrogens with one attached hydrogen (secondary N) is 1. The minimum Gasteiger partial charge on any atom is -0.486 e. The molecule has 114 valence electrons. The van der Waals surface area contributed by atoms with Gasteiger partial charge in [-0.2, -0.15) is 5.10 Å². The zero-order valence-electron chi connectivity index (χ0n) is 13.4. The topological polar surface area (TPSA) is 39.1 Å². The average Bonchev–Trinajstić information content (AvgIpc) is 2.91. The van der Waals surface area contributed by atoms with Gasteiger partial charge in [0, 0.05) is 18.6 Å². The summed E-state index contributed by atoms with van der Waals surface area (Å²) in [4.78, 5) is 0. The number of rotatable bonds is 6. The lowest BCUT2D eigenvalue weighted by atomic mass is 10.1. The van der Waals surface area contributed by atoms with Crippen LogP contribution in [0.4, 0.5) is 0 Å². The molecule has 0 amide bonds. The van der Waals surface area contributed by atoms with E-state index in [2.05, 4.69) is 62.4 Å². The lowest BCUT2D eigenvalue weighted by Crippen LogP contribution is -2.35. The van der Waals surface area contributed by atoms with Gasteiger partial charge in [-0.3, -0.25) is 4.68 Å². The van der Waals surface area contributed by atoms with E-state index in [4.69, 9.17) is 4.74 Å². The highest BCUT2D eigenvalue weighted by atomic mass is 16.5. The second-order valence-electron chi connectivity index (χ2n) is 6.19.